The molecule has 0 N–H and O–H groups in total. The second-order valence-corrected chi connectivity index (χ2v) is 6.79. The van der Waals surface area contributed by atoms with E-state index < -0.39 is 0 Å². The Morgan fingerprint density at radius 3 is 2.44 bits per heavy atom. The van der Waals surface area contributed by atoms with Gasteiger partial charge in [0.15, 0.2) is 0 Å². The summed E-state index contributed by atoms with van der Waals surface area (Å²) < 4.78 is 1.60. The average Bonchev–Trinajstić information content (AvgIpc) is 2.68. The van der Waals surface area contributed by atoms with Gasteiger partial charge in [0.1, 0.15) is 6.54 Å². The van der Waals surface area contributed by atoms with Crippen LogP contribution in [0.15, 0.2) is 65.6 Å². The second-order valence-electron chi connectivity index (χ2n) is 6.79. The number of carbonyl (C=O) groups excluding carboxylic acids is 1. The Balaban J connectivity index is 1.83. The number of fused-ring (bicyclic) bond motifs is 1. The molecule has 0 aliphatic heterocycles. The molecule has 0 unspecified atom stereocenters. The molecule has 0 spiro atoms. The summed E-state index contributed by atoms with van der Waals surface area (Å²) in [5.41, 5.74) is 1.62. The molecule has 0 saturated carbocycles. The van der Waals surface area contributed by atoms with Crippen molar-refractivity contribution in [1.29, 1.82) is 0 Å². The maximum atomic E-state index is 13.0. The summed E-state index contributed by atoms with van der Waals surface area (Å²) >= 11 is 0. The fraction of sp³-hybridized carbons (Fsp3) is 0.286. The smallest absolute Gasteiger partial charge is 0.244 e. The predicted octanol–water partition coefficient (Wildman–Crippen LogP) is 1.99. The first-order valence-electron chi connectivity index (χ1n) is 8.96. The maximum Gasteiger partial charge on any atom is 0.244 e. The standard InChI is InChI=1S/C21H24N4O2/c1-23(2)12-13-24(15-17-8-4-3-5-9-17)21(27)16-25-19-11-7-6-10-18(19)20(26)14-22-25/h3-11,14H,12-13,15-16H2,1-2H3. The van der Waals surface area contributed by atoms with E-state index in [1.807, 2.05) is 67.5 Å². The van der Waals surface area contributed by atoms with E-state index in [1.165, 1.54) is 6.20 Å². The number of rotatable bonds is 7. The van der Waals surface area contributed by atoms with Crippen molar-refractivity contribution >= 4 is 16.8 Å². The largest absolute Gasteiger partial charge is 0.335 e. The van der Waals surface area contributed by atoms with Crippen LogP contribution < -0.4 is 5.43 Å². The van der Waals surface area contributed by atoms with E-state index in [2.05, 4.69) is 10.00 Å². The molecule has 2 aromatic carbocycles. The van der Waals surface area contributed by atoms with Gasteiger partial charge in [-0.1, -0.05) is 42.5 Å². The van der Waals surface area contributed by atoms with Gasteiger partial charge in [0, 0.05) is 25.0 Å². The molecule has 1 amide bonds. The number of hydrogen-bond acceptors (Lipinski definition) is 4. The number of hydrogen-bond donors (Lipinski definition) is 0. The number of benzene rings is 2. The van der Waals surface area contributed by atoms with Gasteiger partial charge in [-0.3, -0.25) is 14.3 Å². The lowest BCUT2D eigenvalue weighted by molar-refractivity contribution is -0.132. The first-order valence-corrected chi connectivity index (χ1v) is 8.96. The molecule has 6 nitrogen and oxygen atoms in total. The van der Waals surface area contributed by atoms with Gasteiger partial charge in [-0.25, -0.2) is 0 Å². The zero-order chi connectivity index (χ0) is 19.2. The quantitative estimate of drug-likeness (QED) is 0.643. The average molecular weight is 364 g/mol. The van der Waals surface area contributed by atoms with Crippen LogP contribution in [0, 0.1) is 0 Å². The molecule has 0 aliphatic carbocycles. The van der Waals surface area contributed by atoms with Gasteiger partial charge in [0.05, 0.1) is 11.7 Å². The summed E-state index contributed by atoms with van der Waals surface area (Å²) in [6.45, 7) is 2.04. The number of aromatic nitrogens is 2. The zero-order valence-corrected chi connectivity index (χ0v) is 15.7. The number of amides is 1. The fourth-order valence-corrected chi connectivity index (χ4v) is 2.93. The van der Waals surface area contributed by atoms with Crippen LogP contribution in [0.25, 0.3) is 10.9 Å². The molecule has 0 radical (unpaired) electrons. The highest BCUT2D eigenvalue weighted by molar-refractivity contribution is 5.81. The third-order valence-electron chi connectivity index (χ3n) is 4.43. The number of likely N-dealkylation sites (N-methyl/N-ethyl adjacent to an activating group) is 1. The Bertz CT molecular complexity index is 967. The van der Waals surface area contributed by atoms with Crippen molar-refractivity contribution in [3.63, 3.8) is 0 Å². The molecule has 0 atom stereocenters. The van der Waals surface area contributed by atoms with Crippen molar-refractivity contribution in [3.8, 4) is 0 Å². The minimum absolute atomic E-state index is 0.0259. The molecular weight excluding hydrogens is 340 g/mol. The summed E-state index contributed by atoms with van der Waals surface area (Å²) in [6.07, 6.45) is 1.27. The van der Waals surface area contributed by atoms with Gasteiger partial charge < -0.3 is 9.80 Å². The molecule has 6 heteroatoms. The molecular formula is C21H24N4O2. The van der Waals surface area contributed by atoms with E-state index in [0.717, 1.165) is 12.1 Å². The Morgan fingerprint density at radius 2 is 1.70 bits per heavy atom. The van der Waals surface area contributed by atoms with Crippen LogP contribution >= 0.6 is 0 Å². The molecule has 0 aliphatic rings. The van der Waals surface area contributed by atoms with Crippen LogP contribution in [0.1, 0.15) is 5.56 Å². The number of nitrogens with zero attached hydrogens (tertiary/aromatic N) is 4. The Morgan fingerprint density at radius 1 is 1.00 bits per heavy atom. The Hall–Kier alpha value is -2.99. The van der Waals surface area contributed by atoms with Crippen LogP contribution in [0.3, 0.4) is 0 Å². The van der Waals surface area contributed by atoms with Gasteiger partial charge in [-0.05, 0) is 31.8 Å². The molecule has 140 valence electrons. The lowest BCUT2D eigenvalue weighted by Crippen LogP contribution is -2.38. The molecule has 3 aromatic rings. The molecule has 1 heterocycles. The van der Waals surface area contributed by atoms with Crippen molar-refractivity contribution in [2.75, 3.05) is 27.2 Å². The highest BCUT2D eigenvalue weighted by atomic mass is 16.2. The first-order chi connectivity index (χ1) is 13.0. The minimum atomic E-state index is -0.136. The second kappa shape index (κ2) is 8.60. The molecule has 1 aromatic heterocycles. The Kier molecular flexibility index (Phi) is 5.98. The third kappa shape index (κ3) is 4.80. The van der Waals surface area contributed by atoms with Crippen molar-refractivity contribution in [1.82, 2.24) is 19.6 Å². The zero-order valence-electron chi connectivity index (χ0n) is 15.7. The van der Waals surface area contributed by atoms with E-state index in [9.17, 15) is 9.59 Å². The lowest BCUT2D eigenvalue weighted by atomic mass is 10.2. The highest BCUT2D eigenvalue weighted by Crippen LogP contribution is 2.10. The summed E-state index contributed by atoms with van der Waals surface area (Å²) in [6, 6.07) is 17.2. The van der Waals surface area contributed by atoms with Gasteiger partial charge in [-0.15, -0.1) is 0 Å². The summed E-state index contributed by atoms with van der Waals surface area (Å²) in [5, 5.41) is 4.75. The van der Waals surface area contributed by atoms with Crippen molar-refractivity contribution in [3.05, 3.63) is 76.6 Å². The van der Waals surface area contributed by atoms with E-state index in [1.54, 1.807) is 10.7 Å². The molecule has 0 fully saturated rings. The predicted molar refractivity (Wildman–Crippen MR) is 106 cm³/mol. The van der Waals surface area contributed by atoms with Gasteiger partial charge >= 0.3 is 0 Å². The van der Waals surface area contributed by atoms with E-state index in [-0.39, 0.29) is 17.9 Å². The lowest BCUT2D eigenvalue weighted by Gasteiger charge is -2.25. The molecule has 27 heavy (non-hydrogen) atoms. The van der Waals surface area contributed by atoms with Crippen LogP contribution in [0.2, 0.25) is 0 Å². The summed E-state index contributed by atoms with van der Waals surface area (Å²) in [7, 11) is 3.98. The third-order valence-corrected chi connectivity index (χ3v) is 4.43. The molecule has 0 bridgehead atoms. The topological polar surface area (TPSA) is 58.4 Å². The highest BCUT2D eigenvalue weighted by Gasteiger charge is 2.16. The number of para-hydroxylation sites is 1. The van der Waals surface area contributed by atoms with Gasteiger partial charge in [0.2, 0.25) is 11.3 Å². The fourth-order valence-electron chi connectivity index (χ4n) is 2.93. The van der Waals surface area contributed by atoms with Gasteiger partial charge in [-0.2, -0.15) is 5.10 Å². The van der Waals surface area contributed by atoms with Crippen molar-refractivity contribution in [2.45, 2.75) is 13.1 Å². The Labute approximate surface area is 158 Å². The van der Waals surface area contributed by atoms with Crippen LogP contribution in [-0.2, 0) is 17.9 Å². The first kappa shape index (κ1) is 18.8. The maximum absolute atomic E-state index is 13.0. The number of carbonyl (C=O) groups is 1. The van der Waals surface area contributed by atoms with Crippen LogP contribution in [0.5, 0.6) is 0 Å². The monoisotopic (exact) mass is 364 g/mol. The van der Waals surface area contributed by atoms with E-state index in [4.69, 9.17) is 0 Å². The van der Waals surface area contributed by atoms with Crippen molar-refractivity contribution in [2.24, 2.45) is 0 Å². The van der Waals surface area contributed by atoms with Crippen LogP contribution in [0.4, 0.5) is 0 Å². The normalized spacial score (nSPS) is 11.1. The van der Waals surface area contributed by atoms with Gasteiger partial charge in [0.25, 0.3) is 0 Å². The summed E-state index contributed by atoms with van der Waals surface area (Å²) in [4.78, 5) is 28.9. The SMILES string of the molecule is CN(C)CCN(Cc1ccccc1)C(=O)Cn1ncc(=O)c2ccccc21. The van der Waals surface area contributed by atoms with Crippen LogP contribution in [-0.4, -0.2) is 52.7 Å². The van der Waals surface area contributed by atoms with Crippen molar-refractivity contribution < 1.29 is 4.79 Å². The summed E-state index contributed by atoms with van der Waals surface area (Å²) in [5.74, 6) is -0.0259. The molecule has 0 saturated heterocycles. The minimum Gasteiger partial charge on any atom is -0.335 e. The van der Waals surface area contributed by atoms with E-state index >= 15 is 0 Å². The molecule has 3 rings (SSSR count). The van der Waals surface area contributed by atoms with E-state index in [0.29, 0.717) is 24.0 Å².